The number of aliphatic carboxylic acids is 1. The lowest BCUT2D eigenvalue weighted by Gasteiger charge is -2.14. The molecule has 0 aliphatic carbocycles. The van der Waals surface area contributed by atoms with Crippen LogP contribution in [0.2, 0.25) is 0 Å². The van der Waals surface area contributed by atoms with Gasteiger partial charge in [0.2, 0.25) is 0 Å². The number of benzene rings is 3. The zero-order chi connectivity index (χ0) is 22.8. The second kappa shape index (κ2) is 12.1. The number of rotatable bonds is 12. The third kappa shape index (κ3) is 6.95. The first-order chi connectivity index (χ1) is 15.6. The number of hydrogen-bond acceptors (Lipinski definition) is 5. The predicted molar refractivity (Wildman–Crippen MR) is 128 cm³/mol. The largest absolute Gasteiger partial charge is 0.493 e. The van der Waals surface area contributed by atoms with Gasteiger partial charge >= 0.3 is 5.97 Å². The van der Waals surface area contributed by atoms with Gasteiger partial charge in [-0.3, -0.25) is 4.79 Å². The Morgan fingerprint density at radius 3 is 2.41 bits per heavy atom. The molecule has 0 bridgehead atoms. The minimum atomic E-state index is -0.984. The van der Waals surface area contributed by atoms with E-state index >= 15 is 0 Å². The van der Waals surface area contributed by atoms with Crippen LogP contribution >= 0.6 is 12.6 Å². The van der Waals surface area contributed by atoms with Crippen LogP contribution in [0.25, 0.3) is 0 Å². The van der Waals surface area contributed by atoms with Crippen LogP contribution in [-0.4, -0.2) is 24.3 Å². The summed E-state index contributed by atoms with van der Waals surface area (Å²) in [6, 6.07) is 22.6. The monoisotopic (exact) mass is 452 g/mol. The van der Waals surface area contributed by atoms with Gasteiger partial charge in [0.1, 0.15) is 28.2 Å². The maximum Gasteiger partial charge on any atom is 0.320 e. The minimum Gasteiger partial charge on any atom is -0.493 e. The van der Waals surface area contributed by atoms with Gasteiger partial charge in [0.25, 0.3) is 0 Å². The molecule has 1 atom stereocenters. The molecule has 0 saturated heterocycles. The Bertz CT molecular complexity index is 1010. The molecule has 0 spiro atoms. The Kier molecular flexibility index (Phi) is 8.87. The van der Waals surface area contributed by atoms with E-state index in [1.807, 2.05) is 48.5 Å². The molecule has 0 amide bonds. The molecule has 3 aromatic carbocycles. The lowest BCUT2D eigenvalue weighted by Crippen LogP contribution is -2.07. The van der Waals surface area contributed by atoms with E-state index < -0.39 is 11.2 Å². The van der Waals surface area contributed by atoms with Crippen LogP contribution in [0, 0.1) is 0 Å². The lowest BCUT2D eigenvalue weighted by molar-refractivity contribution is -0.136. The van der Waals surface area contributed by atoms with E-state index in [4.69, 9.17) is 19.3 Å². The number of thiol groups is 1. The molecule has 0 heterocycles. The summed E-state index contributed by atoms with van der Waals surface area (Å²) in [7, 11) is 0. The summed E-state index contributed by atoms with van der Waals surface area (Å²) in [4.78, 5) is 11.1. The van der Waals surface area contributed by atoms with E-state index in [2.05, 4.69) is 19.6 Å². The van der Waals surface area contributed by atoms with Crippen LogP contribution in [0.5, 0.6) is 23.0 Å². The smallest absolute Gasteiger partial charge is 0.320 e. The molecule has 1 unspecified atom stereocenters. The van der Waals surface area contributed by atoms with Crippen LogP contribution in [0.15, 0.2) is 72.8 Å². The van der Waals surface area contributed by atoms with Crippen molar-refractivity contribution < 1.29 is 24.1 Å². The van der Waals surface area contributed by atoms with Gasteiger partial charge in [-0.05, 0) is 60.0 Å². The van der Waals surface area contributed by atoms with Crippen molar-refractivity contribution in [2.45, 2.75) is 31.4 Å². The molecule has 0 saturated carbocycles. The van der Waals surface area contributed by atoms with Crippen LogP contribution in [-0.2, 0) is 11.2 Å². The predicted octanol–water partition coefficient (Wildman–Crippen LogP) is 6.33. The second-order valence-corrected chi connectivity index (χ2v) is 7.81. The number of ether oxygens (including phenoxy) is 3. The highest BCUT2D eigenvalue weighted by Crippen LogP contribution is 2.29. The standard InChI is InChI=1S/C26H28O5S/c1-2-8-19-17-23(31-21-10-4-3-5-11-21)13-14-24(19)30-16-7-15-29-22-12-6-9-20(18-22)25(32)26(27)28/h3-6,9-14,17-18,25,32H,2,7-8,15-16H2,1H3,(H,27,28). The third-order valence-corrected chi connectivity index (χ3v) is 5.27. The lowest BCUT2D eigenvalue weighted by atomic mass is 10.1. The van der Waals surface area contributed by atoms with Crippen LogP contribution < -0.4 is 14.2 Å². The highest BCUT2D eigenvalue weighted by atomic mass is 32.1. The molecular formula is C26H28O5S. The van der Waals surface area contributed by atoms with Gasteiger partial charge in [-0.1, -0.05) is 43.7 Å². The summed E-state index contributed by atoms with van der Waals surface area (Å²) in [6.45, 7) is 3.11. The van der Waals surface area contributed by atoms with Gasteiger partial charge in [-0.15, -0.1) is 0 Å². The zero-order valence-electron chi connectivity index (χ0n) is 18.1. The average Bonchev–Trinajstić information content (AvgIpc) is 2.80. The molecular weight excluding hydrogens is 424 g/mol. The molecule has 3 aromatic rings. The fourth-order valence-electron chi connectivity index (χ4n) is 3.20. The van der Waals surface area contributed by atoms with Gasteiger partial charge in [-0.25, -0.2) is 0 Å². The molecule has 0 aromatic heterocycles. The van der Waals surface area contributed by atoms with E-state index in [1.165, 1.54) is 0 Å². The number of carbonyl (C=O) groups is 1. The van der Waals surface area contributed by atoms with E-state index in [0.717, 1.165) is 35.7 Å². The number of carboxylic acid groups (broad SMARTS) is 1. The van der Waals surface area contributed by atoms with Gasteiger partial charge in [-0.2, -0.15) is 12.6 Å². The van der Waals surface area contributed by atoms with E-state index in [9.17, 15) is 4.79 Å². The fourth-order valence-corrected chi connectivity index (χ4v) is 3.36. The quantitative estimate of drug-likeness (QED) is 0.248. The van der Waals surface area contributed by atoms with E-state index in [1.54, 1.807) is 24.3 Å². The molecule has 6 heteroatoms. The summed E-state index contributed by atoms with van der Waals surface area (Å²) >= 11 is 4.10. The van der Waals surface area contributed by atoms with Crippen LogP contribution in [0.1, 0.15) is 36.1 Å². The highest BCUT2D eigenvalue weighted by Gasteiger charge is 2.15. The normalized spacial score (nSPS) is 11.6. The molecule has 168 valence electrons. The summed E-state index contributed by atoms with van der Waals surface area (Å²) in [6.07, 6.45) is 2.60. The zero-order valence-corrected chi connectivity index (χ0v) is 19.0. The first-order valence-electron chi connectivity index (χ1n) is 10.7. The Morgan fingerprint density at radius 1 is 0.906 bits per heavy atom. The first kappa shape index (κ1) is 23.5. The van der Waals surface area contributed by atoms with Crippen molar-refractivity contribution in [3.63, 3.8) is 0 Å². The molecule has 1 N–H and O–H groups in total. The van der Waals surface area contributed by atoms with E-state index in [-0.39, 0.29) is 0 Å². The van der Waals surface area contributed by atoms with E-state index in [0.29, 0.717) is 30.9 Å². The molecule has 0 radical (unpaired) electrons. The van der Waals surface area contributed by atoms with Crippen molar-refractivity contribution in [1.29, 1.82) is 0 Å². The number of para-hydroxylation sites is 1. The van der Waals surface area contributed by atoms with Gasteiger partial charge < -0.3 is 19.3 Å². The van der Waals surface area contributed by atoms with Gasteiger partial charge in [0, 0.05) is 6.42 Å². The number of carboxylic acids is 1. The summed E-state index contributed by atoms with van der Waals surface area (Å²) < 4.78 is 17.7. The van der Waals surface area contributed by atoms with Gasteiger partial charge in [0.15, 0.2) is 0 Å². The molecule has 32 heavy (non-hydrogen) atoms. The average molecular weight is 453 g/mol. The molecule has 0 aliphatic rings. The van der Waals surface area contributed by atoms with Crippen molar-refractivity contribution in [3.05, 3.63) is 83.9 Å². The Morgan fingerprint density at radius 2 is 1.66 bits per heavy atom. The van der Waals surface area contributed by atoms with Crippen molar-refractivity contribution in [2.24, 2.45) is 0 Å². The van der Waals surface area contributed by atoms with Crippen molar-refractivity contribution in [3.8, 4) is 23.0 Å². The SMILES string of the molecule is CCCc1cc(Oc2ccccc2)ccc1OCCCOc1cccc(C(S)C(=O)O)c1. The Labute approximate surface area is 194 Å². The highest BCUT2D eigenvalue weighted by molar-refractivity contribution is 7.81. The van der Waals surface area contributed by atoms with Crippen molar-refractivity contribution >= 4 is 18.6 Å². The van der Waals surface area contributed by atoms with Crippen LogP contribution in [0.4, 0.5) is 0 Å². The van der Waals surface area contributed by atoms with Crippen molar-refractivity contribution in [1.82, 2.24) is 0 Å². The first-order valence-corrected chi connectivity index (χ1v) is 11.2. The third-order valence-electron chi connectivity index (χ3n) is 4.75. The fraction of sp³-hybridized carbons (Fsp3) is 0.269. The minimum absolute atomic E-state index is 0.464. The molecule has 0 fully saturated rings. The number of hydrogen-bond donors (Lipinski definition) is 2. The maximum absolute atomic E-state index is 11.1. The summed E-state index contributed by atoms with van der Waals surface area (Å²) in [5.74, 6) is 2.09. The molecule has 5 nitrogen and oxygen atoms in total. The molecule has 0 aliphatic heterocycles. The Balaban J connectivity index is 1.51. The topological polar surface area (TPSA) is 65.0 Å². The summed E-state index contributed by atoms with van der Waals surface area (Å²) in [5, 5.41) is 8.22. The Hall–Kier alpha value is -3.12. The maximum atomic E-state index is 11.1. The number of aryl methyl sites for hydroxylation is 1. The van der Waals surface area contributed by atoms with Crippen LogP contribution in [0.3, 0.4) is 0 Å². The molecule has 3 rings (SSSR count). The summed E-state index contributed by atoms with van der Waals surface area (Å²) in [5.41, 5.74) is 1.71. The van der Waals surface area contributed by atoms with Gasteiger partial charge in [0.05, 0.1) is 13.2 Å². The second-order valence-electron chi connectivity index (χ2n) is 7.30. The van der Waals surface area contributed by atoms with Crippen molar-refractivity contribution in [2.75, 3.05) is 13.2 Å².